The summed E-state index contributed by atoms with van der Waals surface area (Å²) in [6.07, 6.45) is 1.67. The second-order valence-electron chi connectivity index (χ2n) is 6.64. The predicted molar refractivity (Wildman–Crippen MR) is 108 cm³/mol. The number of benzene rings is 1. The maximum absolute atomic E-state index is 11.9. The fraction of sp³-hybridized carbons (Fsp3) is 0.400. The number of pyridine rings is 1. The lowest BCUT2D eigenvalue weighted by Crippen LogP contribution is -2.44. The molecule has 2 aromatic rings. The van der Waals surface area contributed by atoms with Crippen molar-refractivity contribution in [3.05, 3.63) is 48.3 Å². The molecule has 3 rings (SSSR count). The van der Waals surface area contributed by atoms with E-state index < -0.39 is 0 Å². The second kappa shape index (κ2) is 9.34. The van der Waals surface area contributed by atoms with Gasteiger partial charge in [-0.2, -0.15) is 0 Å². The molecular formula is C20H27N5O2. The number of nitrogens with one attached hydrogen (secondary N) is 2. The Hall–Kier alpha value is -2.64. The van der Waals surface area contributed by atoms with Gasteiger partial charge in [0.1, 0.15) is 5.69 Å². The average Bonchev–Trinajstić information content (AvgIpc) is 2.70. The summed E-state index contributed by atoms with van der Waals surface area (Å²) in [4.78, 5) is 20.9. The van der Waals surface area contributed by atoms with Gasteiger partial charge in [0.2, 0.25) is 0 Å². The van der Waals surface area contributed by atoms with E-state index >= 15 is 0 Å². The number of amides is 1. The molecule has 2 heterocycles. The summed E-state index contributed by atoms with van der Waals surface area (Å²) in [5, 5.41) is 6.07. The van der Waals surface area contributed by atoms with Gasteiger partial charge >= 0.3 is 0 Å². The van der Waals surface area contributed by atoms with Crippen LogP contribution in [0.4, 0.5) is 17.1 Å². The van der Waals surface area contributed by atoms with E-state index in [4.69, 9.17) is 4.74 Å². The number of ether oxygens (including phenoxy) is 1. The topological polar surface area (TPSA) is 69.7 Å². The van der Waals surface area contributed by atoms with Crippen molar-refractivity contribution >= 4 is 23.0 Å². The zero-order chi connectivity index (χ0) is 19.1. The number of methoxy groups -OCH3 is 1. The maximum Gasteiger partial charge on any atom is 0.269 e. The van der Waals surface area contributed by atoms with Crippen LogP contribution < -0.4 is 15.5 Å². The van der Waals surface area contributed by atoms with Crippen molar-refractivity contribution in [1.82, 2.24) is 15.2 Å². The SMILES string of the molecule is COCCNC(=O)c1ccc(Nc2ccc(N3CCN(C)CC3)cc2)cn1. The largest absolute Gasteiger partial charge is 0.383 e. The van der Waals surface area contributed by atoms with Gasteiger partial charge in [-0.3, -0.25) is 4.79 Å². The van der Waals surface area contributed by atoms with E-state index in [1.165, 1.54) is 5.69 Å². The summed E-state index contributed by atoms with van der Waals surface area (Å²) >= 11 is 0. The van der Waals surface area contributed by atoms with Crippen LogP contribution in [0, 0.1) is 0 Å². The number of likely N-dealkylation sites (N-methyl/N-ethyl adjacent to an activating group) is 1. The summed E-state index contributed by atoms with van der Waals surface area (Å²) in [5.41, 5.74) is 3.47. The van der Waals surface area contributed by atoms with Crippen molar-refractivity contribution in [3.8, 4) is 0 Å². The molecule has 0 aliphatic carbocycles. The van der Waals surface area contributed by atoms with Crippen LogP contribution in [0.1, 0.15) is 10.5 Å². The molecule has 1 aromatic heterocycles. The van der Waals surface area contributed by atoms with Crippen LogP contribution in [0.3, 0.4) is 0 Å². The van der Waals surface area contributed by atoms with Crippen molar-refractivity contribution in [2.75, 3.05) is 63.7 Å². The summed E-state index contributed by atoms with van der Waals surface area (Å²) in [6.45, 7) is 5.25. The zero-order valence-corrected chi connectivity index (χ0v) is 15.9. The number of rotatable bonds is 7. The third-order valence-electron chi connectivity index (χ3n) is 4.61. The smallest absolute Gasteiger partial charge is 0.269 e. The number of hydrogen-bond acceptors (Lipinski definition) is 6. The first-order valence-corrected chi connectivity index (χ1v) is 9.19. The van der Waals surface area contributed by atoms with Crippen LogP contribution in [-0.2, 0) is 4.74 Å². The van der Waals surface area contributed by atoms with Gasteiger partial charge in [-0.25, -0.2) is 4.98 Å². The second-order valence-corrected chi connectivity index (χ2v) is 6.64. The van der Waals surface area contributed by atoms with Crippen LogP contribution in [0.15, 0.2) is 42.6 Å². The molecule has 0 saturated carbocycles. The molecule has 1 aromatic carbocycles. The third kappa shape index (κ3) is 5.42. The molecule has 1 aliphatic rings. The average molecular weight is 369 g/mol. The van der Waals surface area contributed by atoms with E-state index in [1.807, 2.05) is 6.07 Å². The molecule has 2 N–H and O–H groups in total. The number of anilines is 3. The summed E-state index contributed by atoms with van der Waals surface area (Å²) in [6, 6.07) is 12.0. The fourth-order valence-electron chi connectivity index (χ4n) is 2.95. The molecule has 0 spiro atoms. The first-order chi connectivity index (χ1) is 13.2. The Morgan fingerprint density at radius 3 is 2.41 bits per heavy atom. The molecule has 7 heteroatoms. The molecule has 0 unspecified atom stereocenters. The highest BCUT2D eigenvalue weighted by molar-refractivity contribution is 5.92. The molecule has 0 bridgehead atoms. The molecular weight excluding hydrogens is 342 g/mol. The Bertz CT molecular complexity index is 725. The first kappa shape index (κ1) is 19.1. The number of piperazine rings is 1. The third-order valence-corrected chi connectivity index (χ3v) is 4.61. The minimum Gasteiger partial charge on any atom is -0.383 e. The molecule has 1 saturated heterocycles. The molecule has 1 amide bonds. The number of nitrogens with zero attached hydrogens (tertiary/aromatic N) is 3. The van der Waals surface area contributed by atoms with Gasteiger partial charge in [0, 0.05) is 51.2 Å². The Morgan fingerprint density at radius 2 is 1.78 bits per heavy atom. The Morgan fingerprint density at radius 1 is 1.07 bits per heavy atom. The number of carbonyl (C=O) groups excluding carboxylic acids is 1. The van der Waals surface area contributed by atoms with E-state index in [0.717, 1.165) is 37.6 Å². The fourth-order valence-corrected chi connectivity index (χ4v) is 2.95. The maximum atomic E-state index is 11.9. The van der Waals surface area contributed by atoms with Gasteiger partial charge < -0.3 is 25.2 Å². The minimum atomic E-state index is -0.199. The van der Waals surface area contributed by atoms with Crippen molar-refractivity contribution in [1.29, 1.82) is 0 Å². The minimum absolute atomic E-state index is 0.199. The van der Waals surface area contributed by atoms with Crippen molar-refractivity contribution in [2.24, 2.45) is 0 Å². The van der Waals surface area contributed by atoms with Gasteiger partial charge in [0.15, 0.2) is 0 Å². The van der Waals surface area contributed by atoms with E-state index in [9.17, 15) is 4.79 Å². The first-order valence-electron chi connectivity index (χ1n) is 9.19. The molecule has 27 heavy (non-hydrogen) atoms. The Labute approximate surface area is 160 Å². The molecule has 1 fully saturated rings. The van der Waals surface area contributed by atoms with E-state index in [-0.39, 0.29) is 5.91 Å². The van der Waals surface area contributed by atoms with Crippen LogP contribution in [0.5, 0.6) is 0 Å². The zero-order valence-electron chi connectivity index (χ0n) is 15.9. The summed E-state index contributed by atoms with van der Waals surface area (Å²) < 4.78 is 4.92. The van der Waals surface area contributed by atoms with Crippen LogP contribution >= 0.6 is 0 Å². The monoisotopic (exact) mass is 369 g/mol. The van der Waals surface area contributed by atoms with Crippen molar-refractivity contribution in [2.45, 2.75) is 0 Å². The summed E-state index contributed by atoms with van der Waals surface area (Å²) in [7, 11) is 3.76. The van der Waals surface area contributed by atoms with Gasteiger partial charge in [0.25, 0.3) is 5.91 Å². The predicted octanol–water partition coefficient (Wildman–Crippen LogP) is 1.95. The lowest BCUT2D eigenvalue weighted by atomic mass is 10.2. The number of carbonyl (C=O) groups is 1. The lowest BCUT2D eigenvalue weighted by Gasteiger charge is -2.34. The van der Waals surface area contributed by atoms with Crippen molar-refractivity contribution < 1.29 is 9.53 Å². The van der Waals surface area contributed by atoms with Gasteiger partial charge in [-0.15, -0.1) is 0 Å². The molecule has 7 nitrogen and oxygen atoms in total. The molecule has 144 valence electrons. The number of aromatic nitrogens is 1. The highest BCUT2D eigenvalue weighted by Crippen LogP contribution is 2.22. The van der Waals surface area contributed by atoms with Crippen LogP contribution in [0.25, 0.3) is 0 Å². The van der Waals surface area contributed by atoms with Gasteiger partial charge in [0.05, 0.1) is 18.5 Å². The van der Waals surface area contributed by atoms with Crippen LogP contribution in [0.2, 0.25) is 0 Å². The lowest BCUT2D eigenvalue weighted by molar-refractivity contribution is 0.0932. The molecule has 0 radical (unpaired) electrons. The standard InChI is InChI=1S/C20H27N5O2/c1-24-10-12-25(13-11-24)18-6-3-16(4-7-18)23-17-5-8-19(22-15-17)20(26)21-9-14-27-2/h3-8,15,23H,9-14H2,1-2H3,(H,21,26). The van der Waals surface area contributed by atoms with E-state index in [0.29, 0.717) is 18.8 Å². The molecule has 1 aliphatic heterocycles. The Kier molecular flexibility index (Phi) is 6.62. The Balaban J connectivity index is 1.55. The highest BCUT2D eigenvalue weighted by atomic mass is 16.5. The normalized spacial score (nSPS) is 14.8. The van der Waals surface area contributed by atoms with Crippen molar-refractivity contribution in [3.63, 3.8) is 0 Å². The van der Waals surface area contributed by atoms with Gasteiger partial charge in [-0.1, -0.05) is 0 Å². The quantitative estimate of drug-likeness (QED) is 0.727. The van der Waals surface area contributed by atoms with Gasteiger partial charge in [-0.05, 0) is 43.4 Å². The summed E-state index contributed by atoms with van der Waals surface area (Å²) in [5.74, 6) is -0.199. The van der Waals surface area contributed by atoms with E-state index in [1.54, 1.807) is 19.4 Å². The van der Waals surface area contributed by atoms with E-state index in [2.05, 4.69) is 56.7 Å². The number of hydrogen-bond donors (Lipinski definition) is 2. The highest BCUT2D eigenvalue weighted by Gasteiger charge is 2.14. The molecule has 0 atom stereocenters. The van der Waals surface area contributed by atoms with Crippen LogP contribution in [-0.4, -0.2) is 69.3 Å².